The summed E-state index contributed by atoms with van der Waals surface area (Å²) in [4.78, 5) is 27.4. The van der Waals surface area contributed by atoms with Gasteiger partial charge in [-0.3, -0.25) is 4.79 Å². The number of hydrogen-bond acceptors (Lipinski definition) is 7. The largest absolute Gasteiger partial charge is 0.508 e. The van der Waals surface area contributed by atoms with E-state index in [9.17, 15) is 20.0 Å². The van der Waals surface area contributed by atoms with Gasteiger partial charge in [0.25, 0.3) is 0 Å². The Hall–Kier alpha value is -4.83. The van der Waals surface area contributed by atoms with Gasteiger partial charge in [-0.2, -0.15) is 5.26 Å². The third-order valence-corrected chi connectivity index (χ3v) is 7.33. The number of carbonyl (C=O) groups excluding carboxylic acids is 2. The first-order valence-corrected chi connectivity index (χ1v) is 12.7. The smallest absolute Gasteiger partial charge is 0.337 e. The Kier molecular flexibility index (Phi) is 7.20. The first-order chi connectivity index (χ1) is 18.9. The molecule has 5 rings (SSSR count). The lowest BCUT2D eigenvalue weighted by molar-refractivity contribution is -0.140. The molecule has 1 aliphatic heterocycles. The number of phenolic OH excluding ortho intramolecular Hbond substituents is 1. The quantitative estimate of drug-likeness (QED) is 0.420. The van der Waals surface area contributed by atoms with Crippen molar-refractivity contribution >= 4 is 11.8 Å². The van der Waals surface area contributed by atoms with E-state index in [-0.39, 0.29) is 30.5 Å². The number of ketones is 1. The van der Waals surface area contributed by atoms with Crippen LogP contribution in [0.4, 0.5) is 0 Å². The van der Waals surface area contributed by atoms with E-state index in [1.54, 1.807) is 62.6 Å². The number of nitriles is 1. The predicted molar refractivity (Wildman–Crippen MR) is 145 cm³/mol. The fourth-order valence-corrected chi connectivity index (χ4v) is 5.55. The highest BCUT2D eigenvalue weighted by molar-refractivity contribution is 6.04. The molecule has 39 heavy (non-hydrogen) atoms. The Balaban J connectivity index is 1.52. The summed E-state index contributed by atoms with van der Waals surface area (Å²) < 4.78 is 11.3. The van der Waals surface area contributed by atoms with Crippen molar-refractivity contribution in [2.75, 3.05) is 7.11 Å². The van der Waals surface area contributed by atoms with Crippen LogP contribution in [0.1, 0.15) is 53.9 Å². The summed E-state index contributed by atoms with van der Waals surface area (Å²) in [7, 11) is 1.62. The summed E-state index contributed by atoms with van der Waals surface area (Å²) in [6.45, 7) is 1.71. The molecule has 2 N–H and O–H groups in total. The number of Topliss-reactive ketones (excluding diaryl/α,β-unsaturated/α-hetero) is 1. The first-order valence-electron chi connectivity index (χ1n) is 12.7. The molecule has 2 unspecified atom stereocenters. The third kappa shape index (κ3) is 5.01. The molecule has 2 aliphatic rings. The predicted octanol–water partition coefficient (Wildman–Crippen LogP) is 5.38. The summed E-state index contributed by atoms with van der Waals surface area (Å²) >= 11 is 0. The van der Waals surface area contributed by atoms with Crippen molar-refractivity contribution in [3.8, 4) is 17.6 Å². The van der Waals surface area contributed by atoms with Crippen LogP contribution in [0, 0.1) is 11.3 Å². The molecule has 1 aliphatic carbocycles. The van der Waals surface area contributed by atoms with Crippen LogP contribution in [0.2, 0.25) is 0 Å². The molecular weight excluding hydrogens is 492 g/mol. The lowest BCUT2D eigenvalue weighted by Gasteiger charge is -2.37. The number of benzene rings is 3. The monoisotopic (exact) mass is 520 g/mol. The van der Waals surface area contributed by atoms with Crippen molar-refractivity contribution in [1.82, 2.24) is 5.32 Å². The fourth-order valence-electron chi connectivity index (χ4n) is 5.55. The number of aromatic hydroxyl groups is 1. The van der Waals surface area contributed by atoms with Crippen LogP contribution in [0.5, 0.6) is 11.5 Å². The van der Waals surface area contributed by atoms with Crippen LogP contribution in [-0.4, -0.2) is 24.0 Å². The number of para-hydroxylation sites is 1. The van der Waals surface area contributed by atoms with Gasteiger partial charge in [0.05, 0.1) is 24.3 Å². The lowest BCUT2D eigenvalue weighted by atomic mass is 9.71. The van der Waals surface area contributed by atoms with E-state index < -0.39 is 11.9 Å². The van der Waals surface area contributed by atoms with E-state index >= 15 is 0 Å². The summed E-state index contributed by atoms with van der Waals surface area (Å²) in [6, 6.07) is 23.4. The summed E-state index contributed by atoms with van der Waals surface area (Å²) in [5.41, 5.74) is 4.73. The van der Waals surface area contributed by atoms with Crippen molar-refractivity contribution in [3.05, 3.63) is 118 Å². The summed E-state index contributed by atoms with van der Waals surface area (Å²) in [5, 5.41) is 23.0. The second-order valence-electron chi connectivity index (χ2n) is 9.70. The van der Waals surface area contributed by atoms with Gasteiger partial charge >= 0.3 is 5.97 Å². The molecule has 2 atom stereocenters. The minimum atomic E-state index is -0.710. The van der Waals surface area contributed by atoms with Crippen LogP contribution >= 0.6 is 0 Å². The molecule has 196 valence electrons. The molecule has 0 aromatic heterocycles. The molecule has 1 heterocycles. The Labute approximate surface area is 227 Å². The molecule has 7 nitrogen and oxygen atoms in total. The molecule has 3 aromatic carbocycles. The Morgan fingerprint density at radius 1 is 1.08 bits per heavy atom. The van der Waals surface area contributed by atoms with Gasteiger partial charge < -0.3 is 19.9 Å². The summed E-state index contributed by atoms with van der Waals surface area (Å²) in [6.07, 6.45) is 0.819. The van der Waals surface area contributed by atoms with Crippen molar-refractivity contribution in [2.24, 2.45) is 0 Å². The number of esters is 1. The second kappa shape index (κ2) is 10.9. The normalized spacial score (nSPS) is 18.6. The summed E-state index contributed by atoms with van der Waals surface area (Å²) in [5.74, 6) is -0.704. The zero-order valence-corrected chi connectivity index (χ0v) is 21.7. The van der Waals surface area contributed by atoms with Gasteiger partial charge in [-0.1, -0.05) is 48.5 Å². The molecule has 0 saturated carbocycles. The molecule has 0 radical (unpaired) electrons. The van der Waals surface area contributed by atoms with Crippen molar-refractivity contribution < 1.29 is 24.2 Å². The maximum absolute atomic E-state index is 13.8. The minimum absolute atomic E-state index is 0.0386. The average Bonchev–Trinajstić information content (AvgIpc) is 2.95. The molecular formula is C32H28N2O5. The van der Waals surface area contributed by atoms with Gasteiger partial charge in [-0.15, -0.1) is 0 Å². The number of ether oxygens (including phenoxy) is 2. The highest BCUT2D eigenvalue weighted by atomic mass is 16.5. The van der Waals surface area contributed by atoms with Gasteiger partial charge in [-0.25, -0.2) is 4.79 Å². The Morgan fingerprint density at radius 3 is 2.62 bits per heavy atom. The zero-order chi connectivity index (χ0) is 27.5. The molecule has 0 spiro atoms. The van der Waals surface area contributed by atoms with Crippen LogP contribution in [-0.2, 0) is 20.9 Å². The van der Waals surface area contributed by atoms with Gasteiger partial charge in [0.2, 0.25) is 0 Å². The van der Waals surface area contributed by atoms with Crippen LogP contribution in [0.15, 0.2) is 95.3 Å². The van der Waals surface area contributed by atoms with Crippen molar-refractivity contribution in [3.63, 3.8) is 0 Å². The highest BCUT2D eigenvalue weighted by Gasteiger charge is 2.42. The number of nitrogens with zero attached hydrogens (tertiary/aromatic N) is 1. The first kappa shape index (κ1) is 25.8. The van der Waals surface area contributed by atoms with E-state index in [0.29, 0.717) is 40.0 Å². The van der Waals surface area contributed by atoms with E-state index in [0.717, 1.165) is 17.0 Å². The topological polar surface area (TPSA) is 109 Å². The van der Waals surface area contributed by atoms with E-state index in [1.807, 2.05) is 24.3 Å². The number of nitrogens with one attached hydrogen (secondary N) is 1. The average molecular weight is 521 g/mol. The third-order valence-electron chi connectivity index (χ3n) is 7.33. The number of dihydropyridines is 1. The number of phenols is 1. The number of rotatable bonds is 6. The SMILES string of the molecule is COc1ccccc1C1CC(=O)C2=C(C1)NC(C)=C(C(=O)OCc1ccccc1C#N)C2c1cccc(O)c1. The van der Waals surface area contributed by atoms with Crippen molar-refractivity contribution in [2.45, 2.75) is 38.2 Å². The minimum Gasteiger partial charge on any atom is -0.508 e. The standard InChI is InChI=1S/C32H28N2O5/c1-19-29(32(37)39-18-22-9-4-3-8-21(22)17-33)30(20-10-7-11-24(35)14-20)31-26(34-19)15-23(16-27(31)36)25-12-5-6-13-28(25)38-2/h3-14,23,30,34-35H,15-16,18H2,1-2H3. The number of carbonyl (C=O) groups is 2. The van der Waals surface area contributed by atoms with Crippen LogP contribution in [0.25, 0.3) is 0 Å². The Bertz CT molecular complexity index is 1560. The number of allylic oxidation sites excluding steroid dienone is 3. The second-order valence-corrected chi connectivity index (χ2v) is 9.70. The maximum atomic E-state index is 13.8. The van der Waals surface area contributed by atoms with Gasteiger partial charge in [0, 0.05) is 40.8 Å². The highest BCUT2D eigenvalue weighted by Crippen LogP contribution is 2.47. The van der Waals surface area contributed by atoms with Gasteiger partial charge in [-0.05, 0) is 48.7 Å². The number of methoxy groups -OCH3 is 1. The maximum Gasteiger partial charge on any atom is 0.337 e. The molecule has 0 bridgehead atoms. The molecule has 0 saturated heterocycles. The van der Waals surface area contributed by atoms with E-state index in [1.165, 1.54) is 0 Å². The van der Waals surface area contributed by atoms with Gasteiger partial charge in [0.1, 0.15) is 18.1 Å². The van der Waals surface area contributed by atoms with Crippen molar-refractivity contribution in [1.29, 1.82) is 5.26 Å². The van der Waals surface area contributed by atoms with Gasteiger partial charge in [0.15, 0.2) is 5.78 Å². The van der Waals surface area contributed by atoms with Crippen LogP contribution in [0.3, 0.4) is 0 Å². The van der Waals surface area contributed by atoms with Crippen LogP contribution < -0.4 is 10.1 Å². The lowest BCUT2D eigenvalue weighted by Crippen LogP contribution is -2.36. The molecule has 0 amide bonds. The molecule has 0 fully saturated rings. The zero-order valence-electron chi connectivity index (χ0n) is 21.7. The molecule has 7 heteroatoms. The molecule has 3 aromatic rings. The van der Waals surface area contributed by atoms with E-state index in [2.05, 4.69) is 11.4 Å². The van der Waals surface area contributed by atoms with E-state index in [4.69, 9.17) is 9.47 Å². The number of hydrogen-bond donors (Lipinski definition) is 2. The Morgan fingerprint density at radius 2 is 1.85 bits per heavy atom. The fraction of sp³-hybridized carbons (Fsp3) is 0.219.